The predicted molar refractivity (Wildman–Crippen MR) is 74.0 cm³/mol. The van der Waals surface area contributed by atoms with Crippen LogP contribution in [0, 0.1) is 5.82 Å². The van der Waals surface area contributed by atoms with Crippen molar-refractivity contribution in [2.45, 2.75) is 18.3 Å². The van der Waals surface area contributed by atoms with Gasteiger partial charge in [0.2, 0.25) is 5.91 Å². The zero-order valence-electron chi connectivity index (χ0n) is 10.8. The maximum Gasteiger partial charge on any atom is 0.235 e. The summed E-state index contributed by atoms with van der Waals surface area (Å²) in [5.41, 5.74) is -0.0267. The molecule has 0 atom stereocenters. The Labute approximate surface area is 116 Å². The molecule has 4 heteroatoms. The van der Waals surface area contributed by atoms with Crippen LogP contribution >= 0.6 is 0 Å². The Hall–Kier alpha value is -2.36. The van der Waals surface area contributed by atoms with E-state index in [-0.39, 0.29) is 17.5 Å². The molecule has 1 aliphatic rings. The number of nitrogens with one attached hydrogen (secondary N) is 1. The van der Waals surface area contributed by atoms with E-state index in [1.807, 2.05) is 0 Å². The standard InChI is InChI=1S/C16H14FNO2/c17-12-6-2-1-5-11(12)16(9-10-16)15(20)18-13-7-3-4-8-14(13)19/h1-8,19H,9-10H2,(H,18,20). The molecule has 0 saturated heterocycles. The summed E-state index contributed by atoms with van der Waals surface area (Å²) in [6, 6.07) is 12.9. The third-order valence-corrected chi connectivity index (χ3v) is 3.73. The van der Waals surface area contributed by atoms with Crippen molar-refractivity contribution < 1.29 is 14.3 Å². The van der Waals surface area contributed by atoms with Crippen LogP contribution in [0.5, 0.6) is 5.75 Å². The van der Waals surface area contributed by atoms with Crippen molar-refractivity contribution in [2.24, 2.45) is 0 Å². The van der Waals surface area contributed by atoms with Crippen molar-refractivity contribution in [3.05, 3.63) is 59.9 Å². The molecule has 0 aromatic heterocycles. The molecule has 102 valence electrons. The van der Waals surface area contributed by atoms with E-state index in [0.717, 1.165) is 0 Å². The monoisotopic (exact) mass is 271 g/mol. The lowest BCUT2D eigenvalue weighted by Gasteiger charge is -2.17. The average molecular weight is 271 g/mol. The fourth-order valence-electron chi connectivity index (χ4n) is 2.41. The number of benzene rings is 2. The molecule has 2 N–H and O–H groups in total. The zero-order valence-corrected chi connectivity index (χ0v) is 10.8. The maximum atomic E-state index is 13.9. The highest BCUT2D eigenvalue weighted by Crippen LogP contribution is 2.50. The van der Waals surface area contributed by atoms with Gasteiger partial charge in [-0.15, -0.1) is 0 Å². The van der Waals surface area contributed by atoms with Crippen molar-refractivity contribution in [3.63, 3.8) is 0 Å². The van der Waals surface area contributed by atoms with Crippen LogP contribution in [-0.2, 0) is 10.2 Å². The van der Waals surface area contributed by atoms with E-state index in [1.165, 1.54) is 12.1 Å². The third kappa shape index (κ3) is 2.03. The van der Waals surface area contributed by atoms with Gasteiger partial charge in [-0.25, -0.2) is 4.39 Å². The largest absolute Gasteiger partial charge is 0.506 e. The Balaban J connectivity index is 1.88. The Bertz CT molecular complexity index is 665. The molecule has 0 radical (unpaired) electrons. The van der Waals surface area contributed by atoms with Crippen LogP contribution in [0.2, 0.25) is 0 Å². The number of amides is 1. The summed E-state index contributed by atoms with van der Waals surface area (Å²) >= 11 is 0. The van der Waals surface area contributed by atoms with Crippen LogP contribution in [-0.4, -0.2) is 11.0 Å². The van der Waals surface area contributed by atoms with Crippen LogP contribution in [0.4, 0.5) is 10.1 Å². The number of hydrogen-bond acceptors (Lipinski definition) is 2. The SMILES string of the molecule is O=C(Nc1ccccc1O)C1(c2ccccc2F)CC1. The van der Waals surface area contributed by atoms with E-state index in [9.17, 15) is 14.3 Å². The van der Waals surface area contributed by atoms with E-state index in [0.29, 0.717) is 24.1 Å². The van der Waals surface area contributed by atoms with Gasteiger partial charge in [0.25, 0.3) is 0 Å². The highest BCUT2D eigenvalue weighted by Gasteiger charge is 2.52. The Morgan fingerprint density at radius 3 is 2.40 bits per heavy atom. The Morgan fingerprint density at radius 1 is 1.10 bits per heavy atom. The highest BCUT2D eigenvalue weighted by molar-refractivity contribution is 6.02. The number of carbonyl (C=O) groups is 1. The number of halogens is 1. The van der Waals surface area contributed by atoms with Crippen molar-refractivity contribution in [2.75, 3.05) is 5.32 Å². The van der Waals surface area contributed by atoms with E-state index in [2.05, 4.69) is 5.32 Å². The molecule has 1 saturated carbocycles. The first-order chi connectivity index (χ1) is 9.63. The van der Waals surface area contributed by atoms with Gasteiger partial charge in [0.15, 0.2) is 0 Å². The Morgan fingerprint density at radius 2 is 1.75 bits per heavy atom. The molecule has 1 aliphatic carbocycles. The number of carbonyl (C=O) groups excluding carboxylic acids is 1. The van der Waals surface area contributed by atoms with Crippen molar-refractivity contribution >= 4 is 11.6 Å². The smallest absolute Gasteiger partial charge is 0.235 e. The fraction of sp³-hybridized carbons (Fsp3) is 0.188. The number of hydrogen-bond donors (Lipinski definition) is 2. The van der Waals surface area contributed by atoms with Crippen molar-refractivity contribution in [1.82, 2.24) is 0 Å². The molecule has 0 spiro atoms. The summed E-state index contributed by atoms with van der Waals surface area (Å²) in [5, 5.41) is 12.4. The molecular formula is C16H14FNO2. The number of rotatable bonds is 3. The summed E-state index contributed by atoms with van der Waals surface area (Å²) in [6.45, 7) is 0. The number of phenolic OH excluding ortho intramolecular Hbond substituents is 1. The Kier molecular flexibility index (Phi) is 2.93. The molecule has 3 nitrogen and oxygen atoms in total. The minimum absolute atomic E-state index is 0.00480. The van der Waals surface area contributed by atoms with Crippen LogP contribution in [0.1, 0.15) is 18.4 Å². The van der Waals surface area contributed by atoms with E-state index in [4.69, 9.17) is 0 Å². The second-order valence-electron chi connectivity index (χ2n) is 5.03. The summed E-state index contributed by atoms with van der Waals surface area (Å²) in [6.07, 6.45) is 1.24. The molecule has 1 fully saturated rings. The number of phenols is 1. The second kappa shape index (κ2) is 4.63. The predicted octanol–water partition coefficient (Wildman–Crippen LogP) is 3.20. The number of para-hydroxylation sites is 2. The van der Waals surface area contributed by atoms with Crippen molar-refractivity contribution in [1.29, 1.82) is 0 Å². The second-order valence-corrected chi connectivity index (χ2v) is 5.03. The highest BCUT2D eigenvalue weighted by atomic mass is 19.1. The minimum Gasteiger partial charge on any atom is -0.506 e. The fourth-order valence-corrected chi connectivity index (χ4v) is 2.41. The van der Waals surface area contributed by atoms with Gasteiger partial charge in [-0.1, -0.05) is 30.3 Å². The number of aromatic hydroxyl groups is 1. The first-order valence-corrected chi connectivity index (χ1v) is 6.48. The zero-order chi connectivity index (χ0) is 14.2. The molecule has 0 bridgehead atoms. The lowest BCUT2D eigenvalue weighted by Crippen LogP contribution is -2.28. The van der Waals surface area contributed by atoms with Gasteiger partial charge in [0.05, 0.1) is 11.1 Å². The summed E-state index contributed by atoms with van der Waals surface area (Å²) in [7, 11) is 0. The maximum absolute atomic E-state index is 13.9. The molecule has 0 unspecified atom stereocenters. The molecule has 2 aromatic carbocycles. The van der Waals surface area contributed by atoms with Gasteiger partial charge in [-0.3, -0.25) is 4.79 Å². The lowest BCUT2D eigenvalue weighted by molar-refractivity contribution is -0.118. The molecule has 3 rings (SSSR count). The van der Waals surface area contributed by atoms with Gasteiger partial charge >= 0.3 is 0 Å². The minimum atomic E-state index is -0.798. The summed E-state index contributed by atoms with van der Waals surface area (Å²) < 4.78 is 13.9. The molecule has 20 heavy (non-hydrogen) atoms. The molecule has 2 aromatic rings. The summed E-state index contributed by atoms with van der Waals surface area (Å²) in [5.74, 6) is -0.633. The molecule has 0 heterocycles. The lowest BCUT2D eigenvalue weighted by atomic mass is 9.94. The molecule has 1 amide bonds. The van der Waals surface area contributed by atoms with Gasteiger partial charge in [0, 0.05) is 5.56 Å². The number of anilines is 1. The quantitative estimate of drug-likeness (QED) is 0.842. The van der Waals surface area contributed by atoms with Crippen LogP contribution in [0.3, 0.4) is 0 Å². The van der Waals surface area contributed by atoms with Gasteiger partial charge in [-0.05, 0) is 31.0 Å². The van der Waals surface area contributed by atoms with Crippen LogP contribution in [0.15, 0.2) is 48.5 Å². The van der Waals surface area contributed by atoms with Crippen LogP contribution in [0.25, 0.3) is 0 Å². The molecule has 0 aliphatic heterocycles. The van der Waals surface area contributed by atoms with Gasteiger partial charge in [-0.2, -0.15) is 0 Å². The normalized spacial score (nSPS) is 15.7. The average Bonchev–Trinajstić information content (AvgIpc) is 3.23. The van der Waals surface area contributed by atoms with E-state index < -0.39 is 5.41 Å². The topological polar surface area (TPSA) is 49.3 Å². The van der Waals surface area contributed by atoms with Crippen LogP contribution < -0.4 is 5.32 Å². The summed E-state index contributed by atoms with van der Waals surface area (Å²) in [4.78, 5) is 12.4. The van der Waals surface area contributed by atoms with Crippen molar-refractivity contribution in [3.8, 4) is 5.75 Å². The first-order valence-electron chi connectivity index (χ1n) is 6.48. The first kappa shape index (κ1) is 12.7. The van der Waals surface area contributed by atoms with Gasteiger partial charge in [0.1, 0.15) is 11.6 Å². The van der Waals surface area contributed by atoms with E-state index >= 15 is 0 Å². The van der Waals surface area contributed by atoms with Gasteiger partial charge < -0.3 is 10.4 Å². The molecular weight excluding hydrogens is 257 g/mol. The third-order valence-electron chi connectivity index (χ3n) is 3.73. The van der Waals surface area contributed by atoms with E-state index in [1.54, 1.807) is 36.4 Å².